The normalized spacial score (nSPS) is 27.1. The number of aliphatic carboxylic acids is 1. The van der Waals surface area contributed by atoms with Crippen LogP contribution in [0, 0.1) is 5.92 Å². The van der Waals surface area contributed by atoms with Gasteiger partial charge in [0.2, 0.25) is 0 Å². The minimum Gasteiger partial charge on any atom is -0.480 e. The summed E-state index contributed by atoms with van der Waals surface area (Å²) in [5.74, 6) is -1.05. The van der Waals surface area contributed by atoms with Gasteiger partial charge in [0, 0.05) is 5.54 Å². The zero-order chi connectivity index (χ0) is 14.3. The highest BCUT2D eigenvalue weighted by Gasteiger charge is 2.51. The number of carboxylic acids is 1. The first kappa shape index (κ1) is 14.8. The SMILES string of the molecule is C[C@H]1CC(C)(C)N(C(=O)OC(C)(C)C)[C@@H]1C(=O)O. The van der Waals surface area contributed by atoms with Crippen LogP contribution in [0.4, 0.5) is 4.79 Å². The molecule has 1 fully saturated rings. The van der Waals surface area contributed by atoms with Crippen LogP contribution in [-0.4, -0.2) is 39.3 Å². The molecule has 1 N–H and O–H groups in total. The van der Waals surface area contributed by atoms with Crippen LogP contribution in [0.2, 0.25) is 0 Å². The molecule has 0 aromatic rings. The maximum absolute atomic E-state index is 12.2. The fourth-order valence-corrected chi connectivity index (χ4v) is 2.65. The van der Waals surface area contributed by atoms with Crippen LogP contribution >= 0.6 is 0 Å². The number of carbonyl (C=O) groups excluding carboxylic acids is 1. The van der Waals surface area contributed by atoms with Crippen molar-refractivity contribution in [3.8, 4) is 0 Å². The standard InChI is InChI=1S/C13H23NO4/c1-8-7-13(5,6)14(9(8)10(15)16)11(17)18-12(2,3)4/h8-9H,7H2,1-6H3,(H,15,16)/t8-,9-/m0/s1. The average Bonchev–Trinajstić information content (AvgIpc) is 2.31. The van der Waals surface area contributed by atoms with Gasteiger partial charge in [0.25, 0.3) is 0 Å². The molecule has 1 amide bonds. The van der Waals surface area contributed by atoms with Crippen LogP contribution < -0.4 is 0 Å². The summed E-state index contributed by atoms with van der Waals surface area (Å²) in [5.41, 5.74) is -1.12. The second-order valence-corrected chi connectivity index (χ2v) is 6.63. The molecule has 5 heteroatoms. The summed E-state index contributed by atoms with van der Waals surface area (Å²) in [6, 6.07) is -0.810. The maximum atomic E-state index is 12.2. The van der Waals surface area contributed by atoms with Crippen LogP contribution in [-0.2, 0) is 9.53 Å². The molecule has 0 aliphatic carbocycles. The highest BCUT2D eigenvalue weighted by molar-refractivity contribution is 5.82. The van der Waals surface area contributed by atoms with Crippen molar-refractivity contribution in [2.45, 2.75) is 65.1 Å². The molecule has 0 radical (unpaired) electrons. The first-order valence-electron chi connectivity index (χ1n) is 6.21. The fourth-order valence-electron chi connectivity index (χ4n) is 2.65. The van der Waals surface area contributed by atoms with E-state index in [9.17, 15) is 14.7 Å². The van der Waals surface area contributed by atoms with Gasteiger partial charge < -0.3 is 9.84 Å². The molecule has 2 atom stereocenters. The molecular formula is C13H23NO4. The average molecular weight is 257 g/mol. The van der Waals surface area contributed by atoms with Crippen molar-refractivity contribution in [2.75, 3.05) is 0 Å². The number of carboxylic acid groups (broad SMARTS) is 1. The summed E-state index contributed by atoms with van der Waals surface area (Å²) in [6.07, 6.45) is 0.104. The van der Waals surface area contributed by atoms with E-state index in [-0.39, 0.29) is 5.92 Å². The Kier molecular flexibility index (Phi) is 3.65. The molecule has 1 aliphatic rings. The molecule has 0 aromatic carbocycles. The first-order chi connectivity index (χ1) is 7.96. The third kappa shape index (κ3) is 2.94. The van der Waals surface area contributed by atoms with Gasteiger partial charge in [-0.05, 0) is 47.0 Å². The van der Waals surface area contributed by atoms with E-state index in [1.165, 1.54) is 4.90 Å². The van der Waals surface area contributed by atoms with Crippen LogP contribution in [0.1, 0.15) is 48.0 Å². The number of amides is 1. The molecule has 1 saturated heterocycles. The third-order valence-electron chi connectivity index (χ3n) is 3.13. The van der Waals surface area contributed by atoms with E-state index < -0.39 is 29.2 Å². The van der Waals surface area contributed by atoms with Gasteiger partial charge in [-0.1, -0.05) is 6.92 Å². The lowest BCUT2D eigenvalue weighted by molar-refractivity contribution is -0.144. The summed E-state index contributed by atoms with van der Waals surface area (Å²) >= 11 is 0. The first-order valence-corrected chi connectivity index (χ1v) is 6.21. The fraction of sp³-hybridized carbons (Fsp3) is 0.846. The van der Waals surface area contributed by atoms with Gasteiger partial charge in [-0.2, -0.15) is 0 Å². The van der Waals surface area contributed by atoms with E-state index >= 15 is 0 Å². The Morgan fingerprint density at radius 2 is 1.83 bits per heavy atom. The van der Waals surface area contributed by atoms with Crippen LogP contribution in [0.25, 0.3) is 0 Å². The van der Waals surface area contributed by atoms with Crippen molar-refractivity contribution < 1.29 is 19.4 Å². The molecule has 1 heterocycles. The number of likely N-dealkylation sites (tertiary alicyclic amines) is 1. The number of ether oxygens (including phenoxy) is 1. The van der Waals surface area contributed by atoms with Gasteiger partial charge in [0.05, 0.1) is 0 Å². The molecule has 0 bridgehead atoms. The van der Waals surface area contributed by atoms with Crippen LogP contribution in [0.15, 0.2) is 0 Å². The smallest absolute Gasteiger partial charge is 0.411 e. The molecule has 104 valence electrons. The summed E-state index contributed by atoms with van der Waals surface area (Å²) in [6.45, 7) is 10.9. The largest absolute Gasteiger partial charge is 0.480 e. The van der Waals surface area contributed by atoms with Gasteiger partial charge in [-0.3, -0.25) is 4.90 Å². The third-order valence-corrected chi connectivity index (χ3v) is 3.13. The number of rotatable bonds is 1. The van der Waals surface area contributed by atoms with Crippen molar-refractivity contribution >= 4 is 12.1 Å². The van der Waals surface area contributed by atoms with Crippen molar-refractivity contribution in [2.24, 2.45) is 5.92 Å². The monoisotopic (exact) mass is 257 g/mol. The van der Waals surface area contributed by atoms with E-state index in [2.05, 4.69) is 0 Å². The van der Waals surface area contributed by atoms with Crippen molar-refractivity contribution in [1.82, 2.24) is 4.90 Å². The molecule has 1 rings (SSSR count). The molecule has 0 saturated carbocycles. The molecular weight excluding hydrogens is 234 g/mol. The summed E-state index contributed by atoms with van der Waals surface area (Å²) in [5, 5.41) is 9.28. The van der Waals surface area contributed by atoms with Crippen LogP contribution in [0.3, 0.4) is 0 Å². The summed E-state index contributed by atoms with van der Waals surface area (Å²) < 4.78 is 5.31. The van der Waals surface area contributed by atoms with Gasteiger partial charge in [0.15, 0.2) is 0 Å². The molecule has 1 aliphatic heterocycles. The van der Waals surface area contributed by atoms with E-state index in [1.54, 1.807) is 20.8 Å². The lowest BCUT2D eigenvalue weighted by atomic mass is 9.96. The Labute approximate surface area is 108 Å². The zero-order valence-electron chi connectivity index (χ0n) is 12.0. The van der Waals surface area contributed by atoms with E-state index in [1.807, 2.05) is 20.8 Å². The van der Waals surface area contributed by atoms with E-state index in [4.69, 9.17) is 4.74 Å². The Bertz CT molecular complexity index is 356. The van der Waals surface area contributed by atoms with Crippen molar-refractivity contribution in [3.05, 3.63) is 0 Å². The van der Waals surface area contributed by atoms with Gasteiger partial charge in [-0.25, -0.2) is 9.59 Å². The number of carbonyl (C=O) groups is 2. The summed E-state index contributed by atoms with van der Waals surface area (Å²) in [7, 11) is 0. The molecule has 0 spiro atoms. The molecule has 18 heavy (non-hydrogen) atoms. The Balaban J connectivity index is 3.01. The highest BCUT2D eigenvalue weighted by atomic mass is 16.6. The highest BCUT2D eigenvalue weighted by Crippen LogP contribution is 2.38. The van der Waals surface area contributed by atoms with E-state index in [0.29, 0.717) is 6.42 Å². The summed E-state index contributed by atoms with van der Waals surface area (Å²) in [4.78, 5) is 24.9. The lowest BCUT2D eigenvalue weighted by Gasteiger charge is -2.35. The van der Waals surface area contributed by atoms with Crippen molar-refractivity contribution in [3.63, 3.8) is 0 Å². The molecule has 0 aromatic heterocycles. The minimum absolute atomic E-state index is 0.0787. The lowest BCUT2D eigenvalue weighted by Crippen LogP contribution is -2.52. The molecule has 0 unspecified atom stereocenters. The van der Waals surface area contributed by atoms with Gasteiger partial charge >= 0.3 is 12.1 Å². The predicted octanol–water partition coefficient (Wildman–Crippen LogP) is 2.50. The quantitative estimate of drug-likeness (QED) is 0.783. The molecule has 5 nitrogen and oxygen atoms in total. The predicted molar refractivity (Wildman–Crippen MR) is 67.4 cm³/mol. The minimum atomic E-state index is -0.973. The second kappa shape index (κ2) is 4.44. The number of hydrogen-bond donors (Lipinski definition) is 1. The maximum Gasteiger partial charge on any atom is 0.411 e. The van der Waals surface area contributed by atoms with Gasteiger partial charge in [0.1, 0.15) is 11.6 Å². The number of hydrogen-bond acceptors (Lipinski definition) is 3. The Hall–Kier alpha value is -1.26. The Morgan fingerprint density at radius 1 is 1.33 bits per heavy atom. The zero-order valence-corrected chi connectivity index (χ0v) is 12.0. The second-order valence-electron chi connectivity index (χ2n) is 6.63. The van der Waals surface area contributed by atoms with E-state index in [0.717, 1.165) is 0 Å². The van der Waals surface area contributed by atoms with Crippen LogP contribution in [0.5, 0.6) is 0 Å². The van der Waals surface area contributed by atoms with Crippen molar-refractivity contribution in [1.29, 1.82) is 0 Å². The number of nitrogens with zero attached hydrogens (tertiary/aromatic N) is 1. The topological polar surface area (TPSA) is 66.8 Å². The van der Waals surface area contributed by atoms with Gasteiger partial charge in [-0.15, -0.1) is 0 Å². The Morgan fingerprint density at radius 3 is 2.22 bits per heavy atom.